The Morgan fingerprint density at radius 3 is 2.29 bits per heavy atom. The number of hydrogen-bond acceptors (Lipinski definition) is 2. The van der Waals surface area contributed by atoms with Crippen molar-refractivity contribution in [1.29, 1.82) is 0 Å². The molecule has 1 unspecified atom stereocenters. The molecule has 90 valence electrons. The Hall–Kier alpha value is -1.67. The molecule has 0 aliphatic rings. The highest BCUT2D eigenvalue weighted by Gasteiger charge is 2.11. The quantitative estimate of drug-likeness (QED) is 0.860. The van der Waals surface area contributed by atoms with Crippen molar-refractivity contribution in [1.82, 2.24) is 11.1 Å². The predicted octanol–water partition coefficient (Wildman–Crippen LogP) is 4.09. The van der Waals surface area contributed by atoms with Crippen LogP contribution in [0.1, 0.15) is 36.0 Å². The van der Waals surface area contributed by atoms with E-state index in [1.54, 1.807) is 0 Å². The molecule has 17 heavy (non-hydrogen) atoms. The van der Waals surface area contributed by atoms with Crippen LogP contribution in [-0.4, -0.2) is 4.98 Å². The highest BCUT2D eigenvalue weighted by Crippen LogP contribution is 2.27. The second-order valence-corrected chi connectivity index (χ2v) is 4.16. The van der Waals surface area contributed by atoms with Crippen LogP contribution in [0.5, 0.6) is 0 Å². The maximum Gasteiger partial charge on any atom is 0.0306 e. The Balaban J connectivity index is 0.00000144. The number of benzene rings is 1. The molecule has 2 heteroatoms. The molecule has 0 saturated carbocycles. The molecule has 1 atom stereocenters. The van der Waals surface area contributed by atoms with Crippen molar-refractivity contribution in [3.63, 3.8) is 0 Å². The SMILES string of the molecule is CCC(c1ccc(C)cc1)c1cccnc1.N. The van der Waals surface area contributed by atoms with Gasteiger partial charge in [-0.3, -0.25) is 4.98 Å². The maximum atomic E-state index is 4.20. The Morgan fingerprint density at radius 2 is 1.76 bits per heavy atom. The van der Waals surface area contributed by atoms with Crippen LogP contribution in [0.25, 0.3) is 0 Å². The summed E-state index contributed by atoms with van der Waals surface area (Å²) in [6.07, 6.45) is 4.90. The van der Waals surface area contributed by atoms with Gasteiger partial charge in [-0.2, -0.15) is 0 Å². The van der Waals surface area contributed by atoms with Crippen LogP contribution in [0.4, 0.5) is 0 Å². The summed E-state index contributed by atoms with van der Waals surface area (Å²) in [5, 5.41) is 0. The molecule has 1 aromatic carbocycles. The first-order chi connectivity index (χ1) is 7.81. The second-order valence-electron chi connectivity index (χ2n) is 4.16. The summed E-state index contributed by atoms with van der Waals surface area (Å²) in [7, 11) is 0. The molecule has 2 aromatic rings. The number of aromatic nitrogens is 1. The Morgan fingerprint density at radius 1 is 1.06 bits per heavy atom. The highest BCUT2D eigenvalue weighted by molar-refractivity contribution is 5.32. The number of aryl methyl sites for hydroxylation is 1. The van der Waals surface area contributed by atoms with Crippen molar-refractivity contribution in [2.75, 3.05) is 0 Å². The standard InChI is InChI=1S/C15H17N.H3N/c1-3-15(14-5-4-10-16-11-14)13-8-6-12(2)7-9-13;/h4-11,15H,3H2,1-2H3;1H3. The summed E-state index contributed by atoms with van der Waals surface area (Å²) in [4.78, 5) is 4.20. The van der Waals surface area contributed by atoms with Crippen LogP contribution < -0.4 is 6.15 Å². The van der Waals surface area contributed by atoms with E-state index >= 15 is 0 Å². The van der Waals surface area contributed by atoms with Gasteiger partial charge in [-0.05, 0) is 30.5 Å². The molecule has 3 N–H and O–H groups in total. The summed E-state index contributed by atoms with van der Waals surface area (Å²) in [6.45, 7) is 4.34. The van der Waals surface area contributed by atoms with Crippen LogP contribution in [-0.2, 0) is 0 Å². The molecule has 2 rings (SSSR count). The lowest BCUT2D eigenvalue weighted by molar-refractivity contribution is 0.772. The molecule has 0 spiro atoms. The number of hydrogen-bond donors (Lipinski definition) is 1. The van der Waals surface area contributed by atoms with Crippen molar-refractivity contribution >= 4 is 0 Å². The fraction of sp³-hybridized carbons (Fsp3) is 0.267. The molecule has 0 amide bonds. The molecule has 0 radical (unpaired) electrons. The predicted molar refractivity (Wildman–Crippen MR) is 72.6 cm³/mol. The molecule has 0 fully saturated rings. The molecule has 1 aromatic heterocycles. The molecule has 1 heterocycles. The number of pyridine rings is 1. The Kier molecular flexibility index (Phi) is 4.85. The zero-order valence-corrected chi connectivity index (χ0v) is 10.6. The van der Waals surface area contributed by atoms with Gasteiger partial charge in [0.05, 0.1) is 0 Å². The van der Waals surface area contributed by atoms with Gasteiger partial charge in [-0.15, -0.1) is 0 Å². The van der Waals surface area contributed by atoms with Crippen molar-refractivity contribution in [2.45, 2.75) is 26.2 Å². The summed E-state index contributed by atoms with van der Waals surface area (Å²) < 4.78 is 0. The number of rotatable bonds is 3. The van der Waals surface area contributed by atoms with Crippen molar-refractivity contribution < 1.29 is 0 Å². The van der Waals surface area contributed by atoms with Gasteiger partial charge >= 0.3 is 0 Å². The third kappa shape index (κ3) is 3.14. The first-order valence-corrected chi connectivity index (χ1v) is 5.77. The summed E-state index contributed by atoms with van der Waals surface area (Å²) >= 11 is 0. The first-order valence-electron chi connectivity index (χ1n) is 5.77. The summed E-state index contributed by atoms with van der Waals surface area (Å²) in [5.74, 6) is 0.467. The first kappa shape index (κ1) is 13.4. The lowest BCUT2D eigenvalue weighted by atomic mass is 9.90. The maximum absolute atomic E-state index is 4.20. The normalized spacial score (nSPS) is 11.6. The molecule has 0 aliphatic heterocycles. The summed E-state index contributed by atoms with van der Waals surface area (Å²) in [6, 6.07) is 12.9. The minimum absolute atomic E-state index is 0. The molecule has 0 aliphatic carbocycles. The minimum atomic E-state index is 0. The second kappa shape index (κ2) is 6.16. The van der Waals surface area contributed by atoms with Gasteiger partial charge in [-0.1, -0.05) is 42.8 Å². The van der Waals surface area contributed by atoms with Gasteiger partial charge < -0.3 is 6.15 Å². The van der Waals surface area contributed by atoms with Crippen LogP contribution in [0, 0.1) is 6.92 Å². The third-order valence-corrected chi connectivity index (χ3v) is 2.97. The van der Waals surface area contributed by atoms with Crippen LogP contribution in [0.3, 0.4) is 0 Å². The van der Waals surface area contributed by atoms with E-state index in [0.717, 1.165) is 6.42 Å². The average molecular weight is 228 g/mol. The van der Waals surface area contributed by atoms with Gasteiger partial charge in [-0.25, -0.2) is 0 Å². The van der Waals surface area contributed by atoms with Gasteiger partial charge in [0.2, 0.25) is 0 Å². The fourth-order valence-electron chi connectivity index (χ4n) is 2.04. The monoisotopic (exact) mass is 228 g/mol. The van der Waals surface area contributed by atoms with Crippen molar-refractivity contribution in [3.8, 4) is 0 Å². The van der Waals surface area contributed by atoms with Crippen molar-refractivity contribution in [3.05, 3.63) is 65.5 Å². The molecule has 0 saturated heterocycles. The zero-order chi connectivity index (χ0) is 11.4. The Bertz CT molecular complexity index is 434. The van der Waals surface area contributed by atoms with Gasteiger partial charge in [0.15, 0.2) is 0 Å². The van der Waals surface area contributed by atoms with Crippen molar-refractivity contribution in [2.24, 2.45) is 0 Å². The Labute approximate surface area is 103 Å². The van der Waals surface area contributed by atoms with Crippen LogP contribution >= 0.6 is 0 Å². The molecule has 0 bridgehead atoms. The fourth-order valence-corrected chi connectivity index (χ4v) is 2.04. The van der Waals surface area contributed by atoms with Crippen LogP contribution in [0.2, 0.25) is 0 Å². The van der Waals surface area contributed by atoms with Crippen LogP contribution in [0.15, 0.2) is 48.8 Å². The minimum Gasteiger partial charge on any atom is -0.344 e. The van der Waals surface area contributed by atoms with E-state index in [0.29, 0.717) is 5.92 Å². The topological polar surface area (TPSA) is 47.9 Å². The largest absolute Gasteiger partial charge is 0.344 e. The molecule has 2 nitrogen and oxygen atoms in total. The van der Waals surface area contributed by atoms with Gasteiger partial charge in [0.25, 0.3) is 0 Å². The van der Waals surface area contributed by atoms with E-state index in [-0.39, 0.29) is 6.15 Å². The van der Waals surface area contributed by atoms with E-state index in [2.05, 4.69) is 49.2 Å². The zero-order valence-electron chi connectivity index (χ0n) is 10.6. The smallest absolute Gasteiger partial charge is 0.0306 e. The van der Waals surface area contributed by atoms with E-state index < -0.39 is 0 Å². The number of nitrogens with zero attached hydrogens (tertiary/aromatic N) is 1. The van der Waals surface area contributed by atoms with E-state index in [4.69, 9.17) is 0 Å². The molecular formula is C15H20N2. The average Bonchev–Trinajstić information content (AvgIpc) is 2.34. The van der Waals surface area contributed by atoms with E-state index in [1.165, 1.54) is 16.7 Å². The van der Waals surface area contributed by atoms with E-state index in [1.807, 2.05) is 18.5 Å². The van der Waals surface area contributed by atoms with Gasteiger partial charge in [0.1, 0.15) is 0 Å². The lowest BCUT2D eigenvalue weighted by Gasteiger charge is -2.15. The molecular weight excluding hydrogens is 208 g/mol. The summed E-state index contributed by atoms with van der Waals surface area (Å²) in [5.41, 5.74) is 3.99. The highest BCUT2D eigenvalue weighted by atomic mass is 14.6. The third-order valence-electron chi connectivity index (χ3n) is 2.97. The lowest BCUT2D eigenvalue weighted by Crippen LogP contribution is -1.99. The van der Waals surface area contributed by atoms with Gasteiger partial charge in [0, 0.05) is 18.3 Å². The van der Waals surface area contributed by atoms with E-state index in [9.17, 15) is 0 Å².